The summed E-state index contributed by atoms with van der Waals surface area (Å²) in [5.41, 5.74) is 4.14. The van der Waals surface area contributed by atoms with Gasteiger partial charge in [-0.1, -0.05) is 24.3 Å². The van der Waals surface area contributed by atoms with E-state index in [4.69, 9.17) is 0 Å². The van der Waals surface area contributed by atoms with Gasteiger partial charge in [0.25, 0.3) is 0 Å². The second-order valence-corrected chi connectivity index (χ2v) is 4.25. The molecule has 2 aromatic rings. The Balaban J connectivity index is 2.03. The Kier molecular flexibility index (Phi) is 2.53. The van der Waals surface area contributed by atoms with Gasteiger partial charge in [0.05, 0.1) is 0 Å². The molecule has 1 atom stereocenters. The summed E-state index contributed by atoms with van der Waals surface area (Å²) in [6.45, 7) is 0.951. The topological polar surface area (TPSA) is 45.2 Å². The molecule has 3 nitrogen and oxygen atoms in total. The molecule has 1 aliphatic heterocycles. The Hall–Kier alpha value is -1.87. The van der Waals surface area contributed by atoms with Crippen molar-refractivity contribution in [3.63, 3.8) is 0 Å². The molecule has 1 aliphatic rings. The third-order valence-corrected chi connectivity index (χ3v) is 3.17. The highest BCUT2D eigenvalue weighted by molar-refractivity contribution is 5.63. The monoisotopic (exact) mass is 226 g/mol. The Morgan fingerprint density at radius 2 is 2.18 bits per heavy atom. The zero-order valence-corrected chi connectivity index (χ0v) is 9.43. The van der Waals surface area contributed by atoms with Gasteiger partial charge in [-0.25, -0.2) is 0 Å². The van der Waals surface area contributed by atoms with Gasteiger partial charge in [-0.15, -0.1) is 0 Å². The number of nitrogens with zero attached hydrogens (tertiary/aromatic N) is 1. The van der Waals surface area contributed by atoms with Crippen LogP contribution in [0.2, 0.25) is 0 Å². The fourth-order valence-corrected chi connectivity index (χ4v) is 2.31. The van der Waals surface area contributed by atoms with Crippen molar-refractivity contribution in [3.05, 3.63) is 59.4 Å². The molecular formula is C14H14N2O. The molecule has 0 saturated carbocycles. The maximum absolute atomic E-state index is 10.4. The molecule has 1 aromatic carbocycles. The number of hydrogen-bond acceptors (Lipinski definition) is 3. The number of nitrogens with one attached hydrogen (secondary N) is 1. The first-order valence-electron chi connectivity index (χ1n) is 5.80. The molecular weight excluding hydrogens is 212 g/mol. The van der Waals surface area contributed by atoms with Crippen molar-refractivity contribution >= 4 is 5.69 Å². The van der Waals surface area contributed by atoms with E-state index in [0.29, 0.717) is 0 Å². The van der Waals surface area contributed by atoms with Crippen LogP contribution in [-0.2, 0) is 6.42 Å². The molecule has 0 bridgehead atoms. The van der Waals surface area contributed by atoms with E-state index in [1.165, 1.54) is 5.56 Å². The molecule has 2 heterocycles. The fourth-order valence-electron chi connectivity index (χ4n) is 2.31. The summed E-state index contributed by atoms with van der Waals surface area (Å²) in [5, 5.41) is 13.7. The van der Waals surface area contributed by atoms with Gasteiger partial charge >= 0.3 is 0 Å². The number of benzene rings is 1. The second-order valence-electron chi connectivity index (χ2n) is 4.25. The molecule has 0 amide bonds. The number of rotatable bonds is 2. The van der Waals surface area contributed by atoms with Gasteiger partial charge in [0.15, 0.2) is 0 Å². The number of fused-ring (bicyclic) bond motifs is 1. The standard InChI is InChI=1S/C14H14N2O/c17-14(11-4-2-7-15-9-11)12-5-1-3-10-6-8-16-13(10)12/h1-5,7,9,14,16-17H,6,8H2. The van der Waals surface area contributed by atoms with Crippen LogP contribution in [0, 0.1) is 0 Å². The molecule has 0 fully saturated rings. The summed E-state index contributed by atoms with van der Waals surface area (Å²) in [5.74, 6) is 0. The number of hydrogen-bond donors (Lipinski definition) is 2. The molecule has 17 heavy (non-hydrogen) atoms. The van der Waals surface area contributed by atoms with E-state index in [9.17, 15) is 5.11 Å². The molecule has 0 radical (unpaired) electrons. The van der Waals surface area contributed by atoms with Gasteiger partial charge in [0.2, 0.25) is 0 Å². The third kappa shape index (κ3) is 1.78. The number of aromatic nitrogens is 1. The number of para-hydroxylation sites is 1. The smallest absolute Gasteiger partial charge is 0.108 e. The van der Waals surface area contributed by atoms with E-state index in [-0.39, 0.29) is 0 Å². The highest BCUT2D eigenvalue weighted by Crippen LogP contribution is 2.33. The predicted octanol–water partition coefficient (Wildman–Crippen LogP) is 2.13. The van der Waals surface area contributed by atoms with Crippen LogP contribution < -0.4 is 5.32 Å². The normalized spacial score (nSPS) is 15.1. The van der Waals surface area contributed by atoms with E-state index in [1.807, 2.05) is 24.3 Å². The molecule has 0 saturated heterocycles. The van der Waals surface area contributed by atoms with Crippen molar-refractivity contribution in [2.24, 2.45) is 0 Å². The summed E-state index contributed by atoms with van der Waals surface area (Å²) in [6.07, 6.45) is 3.84. The minimum Gasteiger partial charge on any atom is -0.384 e. The van der Waals surface area contributed by atoms with Crippen LogP contribution in [0.5, 0.6) is 0 Å². The molecule has 3 heteroatoms. The minimum atomic E-state index is -0.607. The summed E-state index contributed by atoms with van der Waals surface area (Å²) in [4.78, 5) is 4.04. The van der Waals surface area contributed by atoms with Crippen LogP contribution in [0.25, 0.3) is 0 Å². The third-order valence-electron chi connectivity index (χ3n) is 3.17. The summed E-state index contributed by atoms with van der Waals surface area (Å²) in [6, 6.07) is 9.81. The van der Waals surface area contributed by atoms with Crippen LogP contribution in [0.3, 0.4) is 0 Å². The summed E-state index contributed by atoms with van der Waals surface area (Å²) < 4.78 is 0. The Morgan fingerprint density at radius 3 is 3.00 bits per heavy atom. The maximum Gasteiger partial charge on any atom is 0.108 e. The quantitative estimate of drug-likeness (QED) is 0.824. The minimum absolute atomic E-state index is 0.607. The number of pyridine rings is 1. The summed E-state index contributed by atoms with van der Waals surface area (Å²) in [7, 11) is 0. The first kappa shape index (κ1) is 10.3. The van der Waals surface area contributed by atoms with Gasteiger partial charge in [-0.2, -0.15) is 0 Å². The van der Waals surface area contributed by atoms with E-state index < -0.39 is 6.10 Å². The lowest BCUT2D eigenvalue weighted by Gasteiger charge is -2.15. The Morgan fingerprint density at radius 1 is 1.24 bits per heavy atom. The van der Waals surface area contributed by atoms with Crippen LogP contribution in [0.15, 0.2) is 42.7 Å². The summed E-state index contributed by atoms with van der Waals surface area (Å²) >= 11 is 0. The van der Waals surface area contributed by atoms with Crippen LogP contribution in [-0.4, -0.2) is 16.6 Å². The highest BCUT2D eigenvalue weighted by atomic mass is 16.3. The van der Waals surface area contributed by atoms with Crippen LogP contribution >= 0.6 is 0 Å². The van der Waals surface area contributed by atoms with Gasteiger partial charge in [0.1, 0.15) is 6.10 Å². The average Bonchev–Trinajstić information content (AvgIpc) is 2.87. The van der Waals surface area contributed by atoms with Crippen molar-refractivity contribution in [3.8, 4) is 0 Å². The lowest BCUT2D eigenvalue weighted by atomic mass is 9.99. The average molecular weight is 226 g/mol. The zero-order valence-electron chi connectivity index (χ0n) is 9.43. The molecule has 0 aliphatic carbocycles. The highest BCUT2D eigenvalue weighted by Gasteiger charge is 2.19. The molecule has 1 aromatic heterocycles. The van der Waals surface area contributed by atoms with Crippen molar-refractivity contribution in [2.75, 3.05) is 11.9 Å². The second kappa shape index (κ2) is 4.18. The van der Waals surface area contributed by atoms with Crippen molar-refractivity contribution in [1.29, 1.82) is 0 Å². The lowest BCUT2D eigenvalue weighted by Crippen LogP contribution is -2.04. The van der Waals surface area contributed by atoms with E-state index >= 15 is 0 Å². The molecule has 3 rings (SSSR count). The van der Waals surface area contributed by atoms with E-state index in [1.54, 1.807) is 12.4 Å². The van der Waals surface area contributed by atoms with Crippen LogP contribution in [0.4, 0.5) is 5.69 Å². The van der Waals surface area contributed by atoms with E-state index in [2.05, 4.69) is 16.4 Å². The molecule has 2 N–H and O–H groups in total. The molecule has 0 spiro atoms. The van der Waals surface area contributed by atoms with E-state index in [0.717, 1.165) is 29.8 Å². The van der Waals surface area contributed by atoms with Gasteiger partial charge in [0, 0.05) is 35.8 Å². The van der Waals surface area contributed by atoms with Crippen molar-refractivity contribution in [1.82, 2.24) is 4.98 Å². The zero-order chi connectivity index (χ0) is 11.7. The Bertz CT molecular complexity index is 525. The van der Waals surface area contributed by atoms with Gasteiger partial charge < -0.3 is 10.4 Å². The van der Waals surface area contributed by atoms with Gasteiger partial charge in [-0.3, -0.25) is 4.98 Å². The lowest BCUT2D eigenvalue weighted by molar-refractivity contribution is 0.220. The number of aliphatic hydroxyl groups excluding tert-OH is 1. The SMILES string of the molecule is OC(c1cccnc1)c1cccc2c1NCC2. The first-order valence-corrected chi connectivity index (χ1v) is 5.80. The largest absolute Gasteiger partial charge is 0.384 e. The van der Waals surface area contributed by atoms with Crippen molar-refractivity contribution in [2.45, 2.75) is 12.5 Å². The Labute approximate surface area is 100 Å². The predicted molar refractivity (Wildman–Crippen MR) is 66.9 cm³/mol. The molecule has 1 unspecified atom stereocenters. The van der Waals surface area contributed by atoms with Gasteiger partial charge in [-0.05, 0) is 18.1 Å². The number of anilines is 1. The van der Waals surface area contributed by atoms with Crippen molar-refractivity contribution < 1.29 is 5.11 Å². The molecule has 86 valence electrons. The maximum atomic E-state index is 10.4. The van der Waals surface area contributed by atoms with Crippen LogP contribution in [0.1, 0.15) is 22.8 Å². The fraction of sp³-hybridized carbons (Fsp3) is 0.214. The first-order chi connectivity index (χ1) is 8.36. The number of aliphatic hydroxyl groups is 1.